The first-order valence-electron chi connectivity index (χ1n) is 6.13. The third kappa shape index (κ3) is 3.90. The van der Waals surface area contributed by atoms with Gasteiger partial charge in [0.15, 0.2) is 0 Å². The van der Waals surface area contributed by atoms with Gasteiger partial charge in [0, 0.05) is 16.2 Å². The molecule has 0 saturated carbocycles. The second kappa shape index (κ2) is 7.15. The molecule has 1 N–H and O–H groups in total. The van der Waals surface area contributed by atoms with E-state index in [0.717, 1.165) is 15.7 Å². The van der Waals surface area contributed by atoms with Crippen molar-refractivity contribution in [2.75, 3.05) is 5.32 Å². The van der Waals surface area contributed by atoms with E-state index in [-0.39, 0.29) is 22.9 Å². The normalized spacial score (nSPS) is 10.1. The van der Waals surface area contributed by atoms with Gasteiger partial charge in [0.2, 0.25) is 17.6 Å². The highest BCUT2D eigenvalue weighted by atomic mass is 79.9. The molecule has 0 aliphatic rings. The number of para-hydroxylation sites is 1. The molecule has 0 saturated heterocycles. The Kier molecular flexibility index (Phi) is 5.50. The van der Waals surface area contributed by atoms with E-state index < -0.39 is 0 Å². The number of aromatic nitrogens is 1. The van der Waals surface area contributed by atoms with E-state index in [4.69, 9.17) is 0 Å². The fourth-order valence-corrected chi connectivity index (χ4v) is 3.14. The Morgan fingerprint density at radius 1 is 1.14 bits per heavy atom. The Bertz CT molecular complexity index is 756. The van der Waals surface area contributed by atoms with Crippen LogP contribution in [-0.4, -0.2) is 5.91 Å². The zero-order valence-corrected chi connectivity index (χ0v) is 14.9. The van der Waals surface area contributed by atoms with E-state index in [2.05, 4.69) is 27.3 Å². The van der Waals surface area contributed by atoms with Gasteiger partial charge in [-0.2, -0.15) is 4.57 Å². The number of rotatable bonds is 3. The molecule has 3 aromatic rings. The number of thiazole rings is 1. The van der Waals surface area contributed by atoms with Crippen molar-refractivity contribution in [3.8, 4) is 0 Å². The molecular weight excluding hydrogens is 416 g/mol. The fraction of sp³-hybridized carbons (Fsp3) is 0.0667. The molecule has 0 aliphatic carbocycles. The van der Waals surface area contributed by atoms with E-state index in [1.165, 1.54) is 4.70 Å². The number of benzene rings is 2. The molecule has 3 nitrogen and oxygen atoms in total. The van der Waals surface area contributed by atoms with Crippen molar-refractivity contribution in [2.45, 2.75) is 6.54 Å². The standard InChI is InChI=1S/C15H11BrN2OS.BrH/c16-11-5-7-12(8-6-11)17-15(19)9-18-10-20-14-4-2-1-3-13(14)18;/h1-8,10H,9H2;1H. The Balaban J connectivity index is 0.00000161. The summed E-state index contributed by atoms with van der Waals surface area (Å²) in [4.78, 5) is 12.1. The predicted molar refractivity (Wildman–Crippen MR) is 84.8 cm³/mol. The van der Waals surface area contributed by atoms with Crippen LogP contribution in [0.3, 0.4) is 0 Å². The summed E-state index contributed by atoms with van der Waals surface area (Å²) in [7, 11) is 0. The predicted octanol–water partition coefficient (Wildman–Crippen LogP) is 0.594. The average molecular weight is 428 g/mol. The maximum Gasteiger partial charge on any atom is 0.290 e. The number of halogens is 2. The maximum atomic E-state index is 12.1. The SMILES string of the molecule is O=C(C[n+]1csc2ccccc21)Nc1ccc(Br)cc1.[Br-]. The third-order valence-electron chi connectivity index (χ3n) is 2.92. The van der Waals surface area contributed by atoms with E-state index in [0.29, 0.717) is 6.54 Å². The number of amides is 1. The third-order valence-corrected chi connectivity index (χ3v) is 4.41. The van der Waals surface area contributed by atoms with Crippen molar-refractivity contribution in [3.63, 3.8) is 0 Å². The van der Waals surface area contributed by atoms with Crippen LogP contribution in [-0.2, 0) is 11.3 Å². The zero-order valence-electron chi connectivity index (χ0n) is 10.9. The Morgan fingerprint density at radius 3 is 2.62 bits per heavy atom. The highest BCUT2D eigenvalue weighted by Crippen LogP contribution is 2.16. The highest BCUT2D eigenvalue weighted by Gasteiger charge is 2.15. The van der Waals surface area contributed by atoms with E-state index in [9.17, 15) is 4.79 Å². The van der Waals surface area contributed by atoms with E-state index in [1.54, 1.807) is 11.3 Å². The van der Waals surface area contributed by atoms with Crippen LogP contribution >= 0.6 is 27.3 Å². The second-order valence-electron chi connectivity index (χ2n) is 4.37. The number of nitrogens with one attached hydrogen (secondary N) is 1. The Morgan fingerprint density at radius 2 is 1.86 bits per heavy atom. The number of nitrogens with zero attached hydrogens (tertiary/aromatic N) is 1. The first-order valence-corrected chi connectivity index (χ1v) is 7.81. The minimum atomic E-state index is -0.0270. The lowest BCUT2D eigenvalue weighted by atomic mass is 10.3. The first kappa shape index (κ1) is 16.1. The lowest BCUT2D eigenvalue weighted by Gasteiger charge is -2.02. The molecule has 1 heterocycles. The van der Waals surface area contributed by atoms with Crippen LogP contribution in [0.1, 0.15) is 0 Å². The minimum Gasteiger partial charge on any atom is -1.00 e. The van der Waals surface area contributed by atoms with Gasteiger partial charge >= 0.3 is 0 Å². The maximum absolute atomic E-state index is 12.1. The molecule has 0 fully saturated rings. The molecule has 6 heteroatoms. The van der Waals surface area contributed by atoms with Gasteiger partial charge in [0.25, 0.3) is 5.91 Å². The summed E-state index contributed by atoms with van der Waals surface area (Å²) in [5, 5.41) is 2.90. The van der Waals surface area contributed by atoms with Gasteiger partial charge in [-0.05, 0) is 30.3 Å². The summed E-state index contributed by atoms with van der Waals surface area (Å²) in [6.45, 7) is 0.320. The Labute approximate surface area is 145 Å². The van der Waals surface area contributed by atoms with Crippen LogP contribution in [0, 0.1) is 0 Å². The lowest BCUT2D eigenvalue weighted by Crippen LogP contribution is -3.00. The number of hydrogen-bond acceptors (Lipinski definition) is 2. The number of carbonyl (C=O) groups is 1. The largest absolute Gasteiger partial charge is 1.00 e. The number of carbonyl (C=O) groups excluding carboxylic acids is 1. The molecule has 2 aromatic carbocycles. The second-order valence-corrected chi connectivity index (χ2v) is 6.18. The van der Waals surface area contributed by atoms with Crippen LogP contribution in [0.5, 0.6) is 0 Å². The van der Waals surface area contributed by atoms with Crippen LogP contribution in [0.2, 0.25) is 0 Å². The highest BCUT2D eigenvalue weighted by molar-refractivity contribution is 9.10. The van der Waals surface area contributed by atoms with Gasteiger partial charge in [-0.15, -0.1) is 0 Å². The molecule has 0 bridgehead atoms. The molecular formula is C15H12Br2N2OS. The zero-order chi connectivity index (χ0) is 13.9. The number of fused-ring (bicyclic) bond motifs is 1. The summed E-state index contributed by atoms with van der Waals surface area (Å²) >= 11 is 5.01. The summed E-state index contributed by atoms with van der Waals surface area (Å²) in [6, 6.07) is 15.6. The van der Waals surface area contributed by atoms with Crippen LogP contribution in [0.4, 0.5) is 5.69 Å². The molecule has 0 unspecified atom stereocenters. The molecule has 1 amide bonds. The number of hydrogen-bond donors (Lipinski definition) is 1. The monoisotopic (exact) mass is 426 g/mol. The van der Waals surface area contributed by atoms with Crippen molar-refractivity contribution >= 4 is 49.1 Å². The molecule has 3 rings (SSSR count). The van der Waals surface area contributed by atoms with Crippen molar-refractivity contribution < 1.29 is 26.3 Å². The van der Waals surface area contributed by atoms with Crippen LogP contribution in [0.25, 0.3) is 10.2 Å². The first-order chi connectivity index (χ1) is 9.72. The summed E-state index contributed by atoms with van der Waals surface area (Å²) in [5.41, 5.74) is 3.87. The molecule has 108 valence electrons. The van der Waals surface area contributed by atoms with Gasteiger partial charge in [-0.1, -0.05) is 39.4 Å². The van der Waals surface area contributed by atoms with E-state index in [1.807, 2.05) is 52.5 Å². The molecule has 1 aromatic heterocycles. The lowest BCUT2D eigenvalue weighted by molar-refractivity contribution is -0.653. The molecule has 0 radical (unpaired) electrons. The summed E-state index contributed by atoms with van der Waals surface area (Å²) < 4.78 is 4.14. The number of anilines is 1. The fourth-order valence-electron chi connectivity index (χ4n) is 1.98. The van der Waals surface area contributed by atoms with Crippen molar-refractivity contribution in [1.29, 1.82) is 0 Å². The van der Waals surface area contributed by atoms with Gasteiger partial charge in [-0.25, -0.2) is 0 Å². The van der Waals surface area contributed by atoms with Crippen molar-refractivity contribution in [3.05, 3.63) is 58.5 Å². The minimum absolute atomic E-state index is 0. The van der Waals surface area contributed by atoms with Gasteiger partial charge in [0.1, 0.15) is 4.70 Å². The molecule has 0 atom stereocenters. The summed E-state index contributed by atoms with van der Waals surface area (Å²) in [6.07, 6.45) is 0. The van der Waals surface area contributed by atoms with Crippen molar-refractivity contribution in [2.24, 2.45) is 0 Å². The topological polar surface area (TPSA) is 33.0 Å². The molecule has 0 aliphatic heterocycles. The van der Waals surface area contributed by atoms with E-state index >= 15 is 0 Å². The molecule has 0 spiro atoms. The van der Waals surface area contributed by atoms with Gasteiger partial charge < -0.3 is 22.3 Å². The summed E-state index contributed by atoms with van der Waals surface area (Å²) in [5.74, 6) is -0.0270. The van der Waals surface area contributed by atoms with Crippen LogP contribution in [0.15, 0.2) is 58.5 Å². The van der Waals surface area contributed by atoms with Crippen LogP contribution < -0.4 is 26.9 Å². The Hall–Kier alpha value is -1.24. The molecule has 21 heavy (non-hydrogen) atoms. The average Bonchev–Trinajstić information content (AvgIpc) is 2.85. The van der Waals surface area contributed by atoms with Crippen molar-refractivity contribution in [1.82, 2.24) is 0 Å². The van der Waals surface area contributed by atoms with Gasteiger partial charge in [0.05, 0.1) is 0 Å². The van der Waals surface area contributed by atoms with Gasteiger partial charge in [-0.3, -0.25) is 4.79 Å². The smallest absolute Gasteiger partial charge is 0.290 e. The quantitative estimate of drug-likeness (QED) is 0.610.